The molecule has 0 bridgehead atoms. The predicted octanol–water partition coefficient (Wildman–Crippen LogP) is 0.317. The van der Waals surface area contributed by atoms with Crippen molar-refractivity contribution in [3.05, 3.63) is 35.4 Å². The number of unbranched alkanes of at least 4 members (excludes halogenated alkanes) is 1. The third-order valence-corrected chi connectivity index (χ3v) is 5.83. The van der Waals surface area contributed by atoms with E-state index >= 15 is 0 Å². The van der Waals surface area contributed by atoms with E-state index in [-0.39, 0.29) is 37.3 Å². The number of aromatic hydroxyl groups is 1. The summed E-state index contributed by atoms with van der Waals surface area (Å²) in [4.78, 5) is 76.9. The molecular formula is C28H40N6O8. The number of phenolic OH excluding ortho intramolecular Hbond substituents is 1. The quantitative estimate of drug-likeness (QED) is 0.0527. The lowest BCUT2D eigenvalue weighted by molar-refractivity contribution is -0.152. The molecule has 0 aromatic heterocycles. The number of nitrogens with zero attached hydrogens (tertiary/aromatic N) is 2. The Morgan fingerprint density at radius 3 is 2.07 bits per heavy atom. The Morgan fingerprint density at radius 2 is 1.50 bits per heavy atom. The van der Waals surface area contributed by atoms with E-state index in [1.54, 1.807) is 26.0 Å². The van der Waals surface area contributed by atoms with Gasteiger partial charge in [-0.15, -0.1) is 0 Å². The highest BCUT2D eigenvalue weighted by atomic mass is 16.5. The summed E-state index contributed by atoms with van der Waals surface area (Å²) < 4.78 is 5.22. The summed E-state index contributed by atoms with van der Waals surface area (Å²) in [7, 11) is 0. The van der Waals surface area contributed by atoms with Crippen molar-refractivity contribution in [1.29, 1.82) is 0 Å². The molecule has 4 amide bonds. The van der Waals surface area contributed by atoms with Crippen molar-refractivity contribution in [3.63, 3.8) is 0 Å². The molecule has 0 aliphatic carbocycles. The van der Waals surface area contributed by atoms with E-state index in [4.69, 9.17) is 10.3 Å². The number of carbonyl (C=O) groups excluding carboxylic acids is 6. The van der Waals surface area contributed by atoms with E-state index in [0.717, 1.165) is 0 Å². The lowest BCUT2D eigenvalue weighted by Crippen LogP contribution is -2.56. The SMILES string of the molecule is CC(=O)NCCCC[C@H](NC(=O)[C@H](Cc1ccc(O)cc1)NC(C)=O)C(=O)N[C@@H](CCC(=O)C=[N+]=[N-])C(=O)OC(C)C. The molecule has 0 saturated carbocycles. The van der Waals surface area contributed by atoms with Crippen molar-refractivity contribution in [2.75, 3.05) is 6.54 Å². The molecule has 14 heteroatoms. The van der Waals surface area contributed by atoms with Gasteiger partial charge in [0.15, 0.2) is 0 Å². The number of Topliss-reactive ketones (excluding diaryl/α,β-unsaturated/α-hetero) is 1. The summed E-state index contributed by atoms with van der Waals surface area (Å²) in [6.07, 6.45) is 0.902. The number of carbonyl (C=O) groups is 6. The number of amides is 4. The van der Waals surface area contributed by atoms with Crippen LogP contribution in [-0.2, 0) is 39.9 Å². The number of ketones is 1. The largest absolute Gasteiger partial charge is 0.508 e. The molecule has 1 aromatic rings. The summed E-state index contributed by atoms with van der Waals surface area (Å²) in [5, 5.41) is 20.0. The summed E-state index contributed by atoms with van der Waals surface area (Å²) in [5.74, 6) is -3.39. The second kappa shape index (κ2) is 18.7. The Bertz CT molecular complexity index is 1150. The summed E-state index contributed by atoms with van der Waals surface area (Å²) in [6, 6.07) is 2.63. The normalized spacial score (nSPS) is 12.6. The van der Waals surface area contributed by atoms with Crippen LogP contribution in [-0.4, -0.2) is 82.3 Å². The molecule has 0 radical (unpaired) electrons. The number of rotatable bonds is 18. The Hall–Kier alpha value is -4.58. The molecule has 230 valence electrons. The van der Waals surface area contributed by atoms with Crippen LogP contribution in [0.1, 0.15) is 65.4 Å². The minimum absolute atomic E-state index is 0.0335. The molecule has 5 N–H and O–H groups in total. The van der Waals surface area contributed by atoms with Crippen molar-refractivity contribution in [2.45, 2.75) is 90.4 Å². The molecule has 0 unspecified atom stereocenters. The van der Waals surface area contributed by atoms with Crippen molar-refractivity contribution >= 4 is 41.6 Å². The third kappa shape index (κ3) is 14.7. The van der Waals surface area contributed by atoms with Crippen LogP contribution in [0.5, 0.6) is 5.75 Å². The number of hydrogen-bond donors (Lipinski definition) is 5. The van der Waals surface area contributed by atoms with Crippen LogP contribution >= 0.6 is 0 Å². The molecule has 1 aromatic carbocycles. The standard InChI is InChI=1S/C28H40N6O8/c1-17(2)42-28(41)24(13-12-22(38)16-31-29)34-26(39)23(7-5-6-14-30-18(3)35)33-27(40)25(32-19(4)36)15-20-8-10-21(37)11-9-20/h8-11,16-17,23-25,37H,5-7,12-15H2,1-4H3,(H,30,35)(H,32,36)(H,33,40)(H,34,39)/t23-,24-,25-/m0/s1. The molecule has 14 nitrogen and oxygen atoms in total. The summed E-state index contributed by atoms with van der Waals surface area (Å²) >= 11 is 0. The van der Waals surface area contributed by atoms with Crippen molar-refractivity contribution in [1.82, 2.24) is 21.3 Å². The van der Waals surface area contributed by atoms with E-state index in [1.807, 2.05) is 0 Å². The van der Waals surface area contributed by atoms with Gasteiger partial charge < -0.3 is 36.6 Å². The minimum Gasteiger partial charge on any atom is -0.508 e. The fourth-order valence-corrected chi connectivity index (χ4v) is 3.85. The highest BCUT2D eigenvalue weighted by Gasteiger charge is 2.30. The molecule has 0 saturated heterocycles. The zero-order valence-corrected chi connectivity index (χ0v) is 24.3. The minimum atomic E-state index is -1.24. The molecule has 3 atom stereocenters. The highest BCUT2D eigenvalue weighted by Crippen LogP contribution is 2.12. The van der Waals surface area contributed by atoms with Gasteiger partial charge in [-0.25, -0.2) is 4.79 Å². The van der Waals surface area contributed by atoms with Crippen molar-refractivity contribution < 1.29 is 43.4 Å². The average molecular weight is 589 g/mol. The zero-order chi connectivity index (χ0) is 31.7. The summed E-state index contributed by atoms with van der Waals surface area (Å²) in [6.45, 7) is 6.21. The molecule has 0 fully saturated rings. The van der Waals surface area contributed by atoms with Gasteiger partial charge in [0.25, 0.3) is 0 Å². The molecule has 0 aliphatic rings. The maximum Gasteiger partial charge on any atom is 0.328 e. The molecular weight excluding hydrogens is 548 g/mol. The van der Waals surface area contributed by atoms with E-state index in [2.05, 4.69) is 26.1 Å². The third-order valence-electron chi connectivity index (χ3n) is 5.83. The van der Waals surface area contributed by atoms with Crippen LogP contribution < -0.4 is 21.3 Å². The fraction of sp³-hybridized carbons (Fsp3) is 0.536. The Morgan fingerprint density at radius 1 is 0.881 bits per heavy atom. The molecule has 0 spiro atoms. The van der Waals surface area contributed by atoms with Gasteiger partial charge in [-0.2, -0.15) is 4.79 Å². The maximum atomic E-state index is 13.4. The summed E-state index contributed by atoms with van der Waals surface area (Å²) in [5.41, 5.74) is 9.22. The number of hydrogen-bond acceptors (Lipinski definition) is 8. The second-order valence-corrected chi connectivity index (χ2v) is 9.96. The van der Waals surface area contributed by atoms with Crippen LogP contribution in [0.2, 0.25) is 0 Å². The molecule has 0 aliphatic heterocycles. The topological polar surface area (TPSA) is 216 Å². The number of benzene rings is 1. The smallest absolute Gasteiger partial charge is 0.328 e. The number of ether oxygens (including phenoxy) is 1. The Kier molecular flexibility index (Phi) is 15.8. The molecule has 1 rings (SSSR count). The number of nitrogens with one attached hydrogen (secondary N) is 4. The lowest BCUT2D eigenvalue weighted by atomic mass is 10.0. The molecule has 0 heterocycles. The first kappa shape index (κ1) is 35.4. The van der Waals surface area contributed by atoms with Crippen molar-refractivity contribution in [2.24, 2.45) is 0 Å². The second-order valence-electron chi connectivity index (χ2n) is 9.96. The first-order valence-electron chi connectivity index (χ1n) is 13.6. The van der Waals surface area contributed by atoms with Crippen LogP contribution in [0, 0.1) is 0 Å². The predicted molar refractivity (Wildman–Crippen MR) is 151 cm³/mol. The van der Waals surface area contributed by atoms with Gasteiger partial charge in [0.05, 0.1) is 6.10 Å². The first-order valence-corrected chi connectivity index (χ1v) is 13.6. The van der Waals surface area contributed by atoms with E-state index < -0.39 is 53.7 Å². The van der Waals surface area contributed by atoms with Gasteiger partial charge in [0.2, 0.25) is 29.4 Å². The number of phenols is 1. The van der Waals surface area contributed by atoms with Crippen LogP contribution in [0.3, 0.4) is 0 Å². The van der Waals surface area contributed by atoms with E-state index in [0.29, 0.717) is 31.2 Å². The van der Waals surface area contributed by atoms with Gasteiger partial charge in [-0.1, -0.05) is 12.1 Å². The van der Waals surface area contributed by atoms with E-state index in [1.165, 1.54) is 26.0 Å². The average Bonchev–Trinajstić information content (AvgIpc) is 2.90. The number of esters is 1. The monoisotopic (exact) mass is 588 g/mol. The van der Waals surface area contributed by atoms with Gasteiger partial charge >= 0.3 is 12.2 Å². The van der Waals surface area contributed by atoms with Gasteiger partial charge in [-0.3, -0.25) is 24.0 Å². The first-order chi connectivity index (χ1) is 19.8. The Labute approximate surface area is 244 Å². The van der Waals surface area contributed by atoms with Gasteiger partial charge in [0, 0.05) is 33.2 Å². The van der Waals surface area contributed by atoms with Crippen molar-refractivity contribution in [3.8, 4) is 5.75 Å². The van der Waals surface area contributed by atoms with Gasteiger partial charge in [0.1, 0.15) is 23.9 Å². The van der Waals surface area contributed by atoms with Crippen LogP contribution in [0.4, 0.5) is 0 Å². The molecule has 42 heavy (non-hydrogen) atoms. The van der Waals surface area contributed by atoms with E-state index in [9.17, 15) is 33.9 Å². The van der Waals surface area contributed by atoms with Crippen LogP contribution in [0.25, 0.3) is 5.53 Å². The zero-order valence-electron chi connectivity index (χ0n) is 24.3. The lowest BCUT2D eigenvalue weighted by Gasteiger charge is -2.25. The maximum absolute atomic E-state index is 13.4. The Balaban J connectivity index is 3.15. The highest BCUT2D eigenvalue weighted by molar-refractivity contribution is 6.25. The van der Waals surface area contributed by atoms with Crippen LogP contribution in [0.15, 0.2) is 24.3 Å². The van der Waals surface area contributed by atoms with Gasteiger partial charge in [-0.05, 0) is 57.2 Å². The fourth-order valence-electron chi connectivity index (χ4n) is 3.85.